The van der Waals surface area contributed by atoms with Gasteiger partial charge in [-0.2, -0.15) is 0 Å². The predicted octanol–water partition coefficient (Wildman–Crippen LogP) is 3.09. The molecule has 4 heteroatoms. The third kappa shape index (κ3) is 4.08. The summed E-state index contributed by atoms with van der Waals surface area (Å²) in [6.07, 6.45) is 0. The Labute approximate surface area is 124 Å². The van der Waals surface area contributed by atoms with E-state index < -0.39 is 0 Å². The Morgan fingerprint density at radius 2 is 1.75 bits per heavy atom. The summed E-state index contributed by atoms with van der Waals surface area (Å²) in [4.78, 5) is 13.7. The number of halogens is 1. The zero-order valence-corrected chi connectivity index (χ0v) is 12.1. The Balaban J connectivity index is 1.82. The lowest BCUT2D eigenvalue weighted by molar-refractivity contribution is -0.117. The van der Waals surface area contributed by atoms with Gasteiger partial charge in [0.25, 0.3) is 0 Å². The first-order chi connectivity index (χ1) is 9.66. The number of rotatable bonds is 5. The van der Waals surface area contributed by atoms with Gasteiger partial charge in [0.2, 0.25) is 5.91 Å². The fourth-order valence-corrected chi connectivity index (χ4v) is 1.96. The van der Waals surface area contributed by atoms with Crippen molar-refractivity contribution in [2.24, 2.45) is 0 Å². The first kappa shape index (κ1) is 14.6. The van der Waals surface area contributed by atoms with E-state index in [-0.39, 0.29) is 5.91 Å². The van der Waals surface area contributed by atoms with E-state index in [1.807, 2.05) is 54.6 Å². The molecule has 0 aliphatic rings. The van der Waals surface area contributed by atoms with Crippen molar-refractivity contribution in [2.45, 2.75) is 6.54 Å². The van der Waals surface area contributed by atoms with E-state index in [0.29, 0.717) is 18.1 Å². The first-order valence-corrected chi connectivity index (χ1v) is 6.81. The number of hydrogen-bond acceptors (Lipinski definition) is 2. The molecule has 0 aliphatic heterocycles. The van der Waals surface area contributed by atoms with Gasteiger partial charge in [0, 0.05) is 24.3 Å². The van der Waals surface area contributed by atoms with Gasteiger partial charge in [-0.1, -0.05) is 41.9 Å². The number of carbonyl (C=O) groups is 1. The van der Waals surface area contributed by atoms with Gasteiger partial charge in [-0.15, -0.1) is 0 Å². The van der Waals surface area contributed by atoms with Gasteiger partial charge in [-0.3, -0.25) is 4.79 Å². The van der Waals surface area contributed by atoms with Crippen molar-refractivity contribution >= 4 is 23.2 Å². The number of nitrogens with zero attached hydrogens (tertiary/aromatic N) is 1. The van der Waals surface area contributed by atoms with Crippen LogP contribution in [0.4, 0.5) is 5.69 Å². The molecule has 2 aromatic rings. The van der Waals surface area contributed by atoms with Crippen molar-refractivity contribution in [3.63, 3.8) is 0 Å². The maximum absolute atomic E-state index is 12.0. The van der Waals surface area contributed by atoms with Crippen LogP contribution in [0.15, 0.2) is 54.6 Å². The largest absolute Gasteiger partial charge is 0.314 e. The average Bonchev–Trinajstić information content (AvgIpc) is 2.49. The molecule has 0 atom stereocenters. The maximum atomic E-state index is 12.0. The average molecular weight is 289 g/mol. The molecule has 0 bridgehead atoms. The number of para-hydroxylation sites is 1. The van der Waals surface area contributed by atoms with Crippen LogP contribution in [0.25, 0.3) is 0 Å². The minimum Gasteiger partial charge on any atom is -0.314 e. The topological polar surface area (TPSA) is 32.3 Å². The summed E-state index contributed by atoms with van der Waals surface area (Å²) >= 11 is 5.82. The smallest absolute Gasteiger partial charge is 0.240 e. The summed E-state index contributed by atoms with van der Waals surface area (Å²) in [7, 11) is 1.78. The van der Waals surface area contributed by atoms with Crippen molar-refractivity contribution in [1.82, 2.24) is 5.32 Å². The van der Waals surface area contributed by atoms with Gasteiger partial charge in [0.1, 0.15) is 0 Å². The summed E-state index contributed by atoms with van der Waals surface area (Å²) in [5.41, 5.74) is 2.00. The van der Waals surface area contributed by atoms with E-state index in [0.717, 1.165) is 11.3 Å². The van der Waals surface area contributed by atoms with E-state index in [1.165, 1.54) is 0 Å². The molecule has 0 fully saturated rings. The van der Waals surface area contributed by atoms with Gasteiger partial charge in [0.15, 0.2) is 0 Å². The number of benzene rings is 2. The maximum Gasteiger partial charge on any atom is 0.240 e. The predicted molar refractivity (Wildman–Crippen MR) is 83.0 cm³/mol. The highest BCUT2D eigenvalue weighted by molar-refractivity contribution is 6.30. The molecule has 2 aromatic carbocycles. The Hall–Kier alpha value is -1.84. The van der Waals surface area contributed by atoms with Gasteiger partial charge in [-0.05, 0) is 29.8 Å². The lowest BCUT2D eigenvalue weighted by atomic mass is 10.2. The molecule has 1 amide bonds. The highest BCUT2D eigenvalue weighted by atomic mass is 35.5. The van der Waals surface area contributed by atoms with Crippen LogP contribution in [0.1, 0.15) is 5.56 Å². The molecule has 0 saturated carbocycles. The molecular weight excluding hydrogens is 272 g/mol. The molecule has 0 unspecified atom stereocenters. The third-order valence-electron chi connectivity index (χ3n) is 3.04. The minimum atomic E-state index is 0.0326. The van der Waals surface area contributed by atoms with E-state index in [2.05, 4.69) is 5.32 Å². The number of likely N-dealkylation sites (N-methyl/N-ethyl adjacent to an activating group) is 1. The summed E-state index contributed by atoms with van der Waals surface area (Å²) in [6, 6.07) is 17.2. The molecule has 0 aromatic heterocycles. The van der Waals surface area contributed by atoms with Gasteiger partial charge in [-0.25, -0.2) is 0 Å². The lowest BCUT2D eigenvalue weighted by Crippen LogP contribution is -2.35. The normalized spacial score (nSPS) is 10.3. The fraction of sp³-hybridized carbons (Fsp3) is 0.188. The second-order valence-electron chi connectivity index (χ2n) is 4.52. The van der Waals surface area contributed by atoms with Crippen LogP contribution in [0.2, 0.25) is 5.02 Å². The van der Waals surface area contributed by atoms with E-state index in [9.17, 15) is 4.79 Å². The molecule has 1 N–H and O–H groups in total. The number of amides is 1. The van der Waals surface area contributed by atoms with Crippen LogP contribution in [-0.2, 0) is 11.3 Å². The lowest BCUT2D eigenvalue weighted by Gasteiger charge is -2.17. The molecule has 20 heavy (non-hydrogen) atoms. The van der Waals surface area contributed by atoms with Crippen LogP contribution >= 0.6 is 11.6 Å². The van der Waals surface area contributed by atoms with Crippen LogP contribution in [0.3, 0.4) is 0 Å². The quantitative estimate of drug-likeness (QED) is 0.917. The zero-order chi connectivity index (χ0) is 14.4. The third-order valence-corrected chi connectivity index (χ3v) is 3.29. The molecule has 0 spiro atoms. The summed E-state index contributed by atoms with van der Waals surface area (Å²) in [5, 5.41) is 3.85. The van der Waals surface area contributed by atoms with Crippen LogP contribution in [0, 0.1) is 0 Å². The Morgan fingerprint density at radius 3 is 2.40 bits per heavy atom. The summed E-state index contributed by atoms with van der Waals surface area (Å²) < 4.78 is 0. The minimum absolute atomic E-state index is 0.0326. The van der Waals surface area contributed by atoms with Crippen molar-refractivity contribution in [1.29, 1.82) is 0 Å². The second-order valence-corrected chi connectivity index (χ2v) is 4.95. The molecule has 0 heterocycles. The molecule has 0 saturated heterocycles. The molecule has 104 valence electrons. The molecule has 3 nitrogen and oxygen atoms in total. The monoisotopic (exact) mass is 288 g/mol. The number of carbonyl (C=O) groups excluding carboxylic acids is 1. The van der Waals surface area contributed by atoms with Gasteiger partial charge in [0.05, 0.1) is 6.54 Å². The number of anilines is 1. The van der Waals surface area contributed by atoms with Crippen LogP contribution < -0.4 is 10.2 Å². The van der Waals surface area contributed by atoms with E-state index in [4.69, 9.17) is 11.6 Å². The molecular formula is C16H17ClN2O. The zero-order valence-electron chi connectivity index (χ0n) is 11.3. The highest BCUT2D eigenvalue weighted by Gasteiger charge is 2.09. The standard InChI is InChI=1S/C16H17ClN2O/c1-19(15-5-3-2-4-6-15)16(20)12-18-11-13-7-9-14(17)10-8-13/h2-10,18H,11-12H2,1H3. The van der Waals surface area contributed by atoms with Crippen molar-refractivity contribution in [3.8, 4) is 0 Å². The fourth-order valence-electron chi connectivity index (χ4n) is 1.83. The van der Waals surface area contributed by atoms with Crippen molar-refractivity contribution in [2.75, 3.05) is 18.5 Å². The van der Waals surface area contributed by atoms with Gasteiger partial charge >= 0.3 is 0 Å². The van der Waals surface area contributed by atoms with Crippen LogP contribution in [-0.4, -0.2) is 19.5 Å². The first-order valence-electron chi connectivity index (χ1n) is 6.43. The highest BCUT2D eigenvalue weighted by Crippen LogP contribution is 2.11. The van der Waals surface area contributed by atoms with Crippen molar-refractivity contribution in [3.05, 3.63) is 65.2 Å². The van der Waals surface area contributed by atoms with E-state index in [1.54, 1.807) is 11.9 Å². The van der Waals surface area contributed by atoms with Crippen LogP contribution in [0.5, 0.6) is 0 Å². The SMILES string of the molecule is CN(C(=O)CNCc1ccc(Cl)cc1)c1ccccc1. The second kappa shape index (κ2) is 7.08. The van der Waals surface area contributed by atoms with Crippen molar-refractivity contribution < 1.29 is 4.79 Å². The number of nitrogens with one attached hydrogen (secondary N) is 1. The number of hydrogen-bond donors (Lipinski definition) is 1. The Morgan fingerprint density at radius 1 is 1.10 bits per heavy atom. The summed E-state index contributed by atoms with van der Waals surface area (Å²) in [6.45, 7) is 0.944. The molecule has 2 rings (SSSR count). The molecule has 0 aliphatic carbocycles. The summed E-state index contributed by atoms with van der Waals surface area (Å²) in [5.74, 6) is 0.0326. The Bertz CT molecular complexity index is 554. The van der Waals surface area contributed by atoms with E-state index >= 15 is 0 Å². The van der Waals surface area contributed by atoms with Gasteiger partial charge < -0.3 is 10.2 Å². The molecule has 0 radical (unpaired) electrons. The Kier molecular flexibility index (Phi) is 5.16.